The van der Waals surface area contributed by atoms with Crippen LogP contribution in [0.15, 0.2) is 65.1 Å². The van der Waals surface area contributed by atoms with E-state index in [0.29, 0.717) is 25.5 Å². The fourth-order valence-electron chi connectivity index (χ4n) is 3.59. The molecule has 0 bridgehead atoms. The summed E-state index contributed by atoms with van der Waals surface area (Å²) in [5.74, 6) is 1.31. The van der Waals surface area contributed by atoms with E-state index in [2.05, 4.69) is 5.32 Å². The number of benzene rings is 2. The third-order valence-electron chi connectivity index (χ3n) is 5.74. The molecule has 2 aromatic carbocycles. The van der Waals surface area contributed by atoms with E-state index in [1.54, 1.807) is 12.0 Å². The summed E-state index contributed by atoms with van der Waals surface area (Å²) >= 11 is 0. The largest absolute Gasteiger partial charge is 0.464 e. The molecular weight excluding hydrogens is 430 g/mol. The number of nitrogens with zero attached hydrogens (tertiary/aromatic N) is 2. The smallest absolute Gasteiger partial charge is 0.322 e. The molecule has 7 nitrogen and oxygen atoms in total. The molecule has 0 spiro atoms. The molecular formula is C27H33N3O4. The fourth-order valence-corrected chi connectivity index (χ4v) is 3.59. The number of ether oxygens (including phenoxy) is 1. The van der Waals surface area contributed by atoms with Crippen molar-refractivity contribution >= 4 is 17.6 Å². The Bertz CT molecular complexity index is 1090. The van der Waals surface area contributed by atoms with Gasteiger partial charge in [-0.2, -0.15) is 0 Å². The van der Waals surface area contributed by atoms with Crippen molar-refractivity contribution in [2.75, 3.05) is 32.1 Å². The fraction of sp³-hybridized carbons (Fsp3) is 0.333. The summed E-state index contributed by atoms with van der Waals surface area (Å²) in [6.45, 7) is 7.09. The lowest BCUT2D eigenvalue weighted by atomic mass is 10.1. The summed E-state index contributed by atoms with van der Waals surface area (Å²) < 4.78 is 10.9. The second-order valence-electron chi connectivity index (χ2n) is 8.34. The van der Waals surface area contributed by atoms with Gasteiger partial charge < -0.3 is 24.3 Å². The normalized spacial score (nSPS) is 10.7. The summed E-state index contributed by atoms with van der Waals surface area (Å²) in [5.41, 5.74) is 3.81. The van der Waals surface area contributed by atoms with E-state index in [0.717, 1.165) is 28.1 Å². The van der Waals surface area contributed by atoms with E-state index >= 15 is 0 Å². The molecule has 34 heavy (non-hydrogen) atoms. The minimum atomic E-state index is -0.340. The second-order valence-corrected chi connectivity index (χ2v) is 8.34. The van der Waals surface area contributed by atoms with Crippen molar-refractivity contribution in [1.29, 1.82) is 0 Å². The number of methoxy groups -OCH3 is 1. The number of nitrogens with one attached hydrogen (secondary N) is 1. The van der Waals surface area contributed by atoms with Crippen LogP contribution < -0.4 is 5.32 Å². The first kappa shape index (κ1) is 25.1. The van der Waals surface area contributed by atoms with Crippen molar-refractivity contribution in [3.63, 3.8) is 0 Å². The van der Waals surface area contributed by atoms with Crippen LogP contribution in [0.2, 0.25) is 0 Å². The Balaban J connectivity index is 1.77. The van der Waals surface area contributed by atoms with Gasteiger partial charge >= 0.3 is 6.03 Å². The number of carbonyl (C=O) groups is 2. The Labute approximate surface area is 201 Å². The maximum absolute atomic E-state index is 13.4. The zero-order valence-corrected chi connectivity index (χ0v) is 20.3. The number of rotatable bonds is 10. The van der Waals surface area contributed by atoms with E-state index in [-0.39, 0.29) is 25.0 Å². The van der Waals surface area contributed by atoms with Crippen LogP contribution in [-0.4, -0.2) is 48.5 Å². The van der Waals surface area contributed by atoms with Crippen molar-refractivity contribution in [1.82, 2.24) is 9.80 Å². The van der Waals surface area contributed by atoms with Gasteiger partial charge in [0, 0.05) is 25.9 Å². The summed E-state index contributed by atoms with van der Waals surface area (Å²) in [6, 6.07) is 18.9. The zero-order valence-electron chi connectivity index (χ0n) is 20.3. The lowest BCUT2D eigenvalue weighted by Crippen LogP contribution is -2.45. The van der Waals surface area contributed by atoms with Gasteiger partial charge in [0.2, 0.25) is 5.91 Å². The first-order valence-corrected chi connectivity index (χ1v) is 11.4. The van der Waals surface area contributed by atoms with E-state index in [4.69, 9.17) is 9.15 Å². The van der Waals surface area contributed by atoms with Crippen LogP contribution in [0, 0.1) is 20.8 Å². The summed E-state index contributed by atoms with van der Waals surface area (Å²) in [4.78, 5) is 29.8. The monoisotopic (exact) mass is 463 g/mol. The molecule has 0 aliphatic heterocycles. The standard InChI is InChI=1S/C27H33N3O4/c1-20-9-8-12-25(22(20)3)28-27(32)29(15-16-33-4)19-26(31)30(17-23-10-6-5-7-11-23)18-24-14-13-21(2)34-24/h5-14H,15-19H2,1-4H3,(H,28,32). The first-order chi connectivity index (χ1) is 16.4. The minimum Gasteiger partial charge on any atom is -0.464 e. The van der Waals surface area contributed by atoms with Crippen LogP contribution in [0.5, 0.6) is 0 Å². The van der Waals surface area contributed by atoms with Gasteiger partial charge in [-0.3, -0.25) is 4.79 Å². The molecule has 0 radical (unpaired) electrons. The van der Waals surface area contributed by atoms with Gasteiger partial charge in [0.1, 0.15) is 18.1 Å². The highest BCUT2D eigenvalue weighted by Gasteiger charge is 2.23. The van der Waals surface area contributed by atoms with Gasteiger partial charge in [0.15, 0.2) is 0 Å². The van der Waals surface area contributed by atoms with E-state index in [9.17, 15) is 9.59 Å². The molecule has 0 atom stereocenters. The van der Waals surface area contributed by atoms with Crippen molar-refractivity contribution in [2.45, 2.75) is 33.9 Å². The second kappa shape index (κ2) is 12.0. The molecule has 0 aliphatic rings. The third-order valence-corrected chi connectivity index (χ3v) is 5.74. The molecule has 7 heteroatoms. The van der Waals surface area contributed by atoms with Crippen molar-refractivity contribution in [2.24, 2.45) is 0 Å². The van der Waals surface area contributed by atoms with Gasteiger partial charge in [-0.05, 0) is 55.7 Å². The molecule has 0 saturated heterocycles. The van der Waals surface area contributed by atoms with Gasteiger partial charge in [-0.15, -0.1) is 0 Å². The highest BCUT2D eigenvalue weighted by Crippen LogP contribution is 2.19. The van der Waals surface area contributed by atoms with Crippen molar-refractivity contribution < 1.29 is 18.7 Å². The number of aryl methyl sites for hydroxylation is 2. The number of hydrogen-bond acceptors (Lipinski definition) is 4. The molecule has 180 valence electrons. The van der Waals surface area contributed by atoms with E-state index in [1.165, 1.54) is 4.90 Å². The molecule has 1 N–H and O–H groups in total. The van der Waals surface area contributed by atoms with Gasteiger partial charge in [0.05, 0.1) is 13.2 Å². The molecule has 0 unspecified atom stereocenters. The van der Waals surface area contributed by atoms with Crippen LogP contribution >= 0.6 is 0 Å². The van der Waals surface area contributed by atoms with Gasteiger partial charge in [-0.25, -0.2) is 4.79 Å². The number of carbonyl (C=O) groups excluding carboxylic acids is 2. The van der Waals surface area contributed by atoms with E-state index < -0.39 is 0 Å². The summed E-state index contributed by atoms with van der Waals surface area (Å²) in [6.07, 6.45) is 0. The average molecular weight is 464 g/mol. The number of anilines is 1. The molecule has 0 fully saturated rings. The Hall–Kier alpha value is -3.58. The summed E-state index contributed by atoms with van der Waals surface area (Å²) in [7, 11) is 1.57. The molecule has 0 saturated carbocycles. The van der Waals surface area contributed by atoms with Crippen LogP contribution in [0.3, 0.4) is 0 Å². The Morgan fingerprint density at radius 1 is 0.912 bits per heavy atom. The molecule has 1 aromatic heterocycles. The van der Waals surface area contributed by atoms with Gasteiger partial charge in [0.25, 0.3) is 0 Å². The van der Waals surface area contributed by atoms with Gasteiger partial charge in [-0.1, -0.05) is 42.5 Å². The maximum Gasteiger partial charge on any atom is 0.322 e. The predicted octanol–water partition coefficient (Wildman–Crippen LogP) is 4.91. The summed E-state index contributed by atoms with van der Waals surface area (Å²) in [5, 5.41) is 2.95. The van der Waals surface area contributed by atoms with Crippen LogP contribution in [-0.2, 0) is 22.6 Å². The quantitative estimate of drug-likeness (QED) is 0.463. The van der Waals surface area contributed by atoms with Crippen LogP contribution in [0.4, 0.5) is 10.5 Å². The highest BCUT2D eigenvalue weighted by atomic mass is 16.5. The Morgan fingerprint density at radius 2 is 1.68 bits per heavy atom. The SMILES string of the molecule is COCCN(CC(=O)N(Cc1ccccc1)Cc1ccc(C)o1)C(=O)Nc1cccc(C)c1C. The topological polar surface area (TPSA) is 75.0 Å². The van der Waals surface area contributed by atoms with Crippen LogP contribution in [0.1, 0.15) is 28.2 Å². The van der Waals surface area contributed by atoms with Crippen molar-refractivity contribution in [3.05, 3.63) is 88.9 Å². The zero-order chi connectivity index (χ0) is 24.5. The highest BCUT2D eigenvalue weighted by molar-refractivity contribution is 5.93. The van der Waals surface area contributed by atoms with Crippen LogP contribution in [0.25, 0.3) is 0 Å². The molecule has 0 aliphatic carbocycles. The number of urea groups is 1. The Morgan fingerprint density at radius 3 is 2.35 bits per heavy atom. The number of hydrogen-bond donors (Lipinski definition) is 1. The lowest BCUT2D eigenvalue weighted by molar-refractivity contribution is -0.133. The Kier molecular flexibility index (Phi) is 8.87. The third kappa shape index (κ3) is 6.96. The molecule has 3 amide bonds. The van der Waals surface area contributed by atoms with Crippen molar-refractivity contribution in [3.8, 4) is 0 Å². The molecule has 1 heterocycles. The minimum absolute atomic E-state index is 0.0768. The average Bonchev–Trinajstić information content (AvgIpc) is 3.24. The predicted molar refractivity (Wildman–Crippen MR) is 133 cm³/mol. The first-order valence-electron chi connectivity index (χ1n) is 11.4. The molecule has 3 rings (SSSR count). The number of furan rings is 1. The lowest BCUT2D eigenvalue weighted by Gasteiger charge is -2.27. The maximum atomic E-state index is 13.4. The number of amides is 3. The van der Waals surface area contributed by atoms with E-state index in [1.807, 2.05) is 81.4 Å². The molecule has 3 aromatic rings.